The number of aromatic amines is 1. The molecule has 0 atom stereocenters. The number of nitrogens with zero attached hydrogens (tertiary/aromatic N) is 6. The van der Waals surface area contributed by atoms with E-state index in [1.807, 2.05) is 12.1 Å². The van der Waals surface area contributed by atoms with Crippen LogP contribution in [0.25, 0.3) is 17.2 Å². The lowest BCUT2D eigenvalue weighted by atomic mass is 9.87. The van der Waals surface area contributed by atoms with E-state index in [1.54, 1.807) is 0 Å². The van der Waals surface area contributed by atoms with E-state index in [0.29, 0.717) is 22.4 Å². The van der Waals surface area contributed by atoms with Crippen LogP contribution in [0.3, 0.4) is 0 Å². The van der Waals surface area contributed by atoms with Gasteiger partial charge in [-0.05, 0) is 11.0 Å². The number of rotatable bonds is 4. The molecule has 0 radical (unpaired) electrons. The van der Waals surface area contributed by atoms with Gasteiger partial charge >= 0.3 is 0 Å². The van der Waals surface area contributed by atoms with Crippen molar-refractivity contribution >= 4 is 23.5 Å². The van der Waals surface area contributed by atoms with Gasteiger partial charge < -0.3 is 11.6 Å². The Morgan fingerprint density at radius 3 is 2.55 bits per heavy atom. The first kappa shape index (κ1) is 19.0. The molecule has 0 aliphatic carbocycles. The number of hydrogen-bond donors (Lipinski definition) is 3. The first-order valence-electron chi connectivity index (χ1n) is 8.91. The Hall–Kier alpha value is -3.34. The normalized spacial score (nSPS) is 12.0. The summed E-state index contributed by atoms with van der Waals surface area (Å²) in [6.45, 7) is 6.49. The second-order valence-corrected chi connectivity index (χ2v) is 8.56. The summed E-state index contributed by atoms with van der Waals surface area (Å²) in [4.78, 5) is 20.4. The predicted molar refractivity (Wildman–Crippen MR) is 112 cm³/mol. The minimum atomic E-state index is -0.288. The largest absolute Gasteiger partial charge is 0.368 e. The topological polar surface area (TPSA) is 146 Å². The van der Waals surface area contributed by atoms with Crippen molar-refractivity contribution < 1.29 is 0 Å². The summed E-state index contributed by atoms with van der Waals surface area (Å²) in [5.74, 6) is 7.50. The SMILES string of the molecule is CC(C)(C)c1ccc(-c2nnc(SCc3cc(=O)n4[nH]c(N)nc4n3)n2N)cc1. The fourth-order valence-corrected chi connectivity index (χ4v) is 3.60. The van der Waals surface area contributed by atoms with Crippen molar-refractivity contribution in [3.63, 3.8) is 0 Å². The highest BCUT2D eigenvalue weighted by atomic mass is 32.2. The van der Waals surface area contributed by atoms with Crippen LogP contribution in [0.5, 0.6) is 0 Å². The number of aromatic nitrogens is 7. The van der Waals surface area contributed by atoms with Gasteiger partial charge in [0.05, 0.1) is 5.69 Å². The summed E-state index contributed by atoms with van der Waals surface area (Å²) >= 11 is 1.33. The van der Waals surface area contributed by atoms with Crippen LogP contribution in [0.15, 0.2) is 40.3 Å². The second kappa shape index (κ2) is 6.92. The van der Waals surface area contributed by atoms with Crippen LogP contribution in [-0.2, 0) is 11.2 Å². The Morgan fingerprint density at radius 2 is 1.86 bits per heavy atom. The molecule has 0 amide bonds. The molecule has 5 N–H and O–H groups in total. The maximum atomic E-state index is 12.1. The summed E-state index contributed by atoms with van der Waals surface area (Å²) < 4.78 is 2.63. The van der Waals surface area contributed by atoms with E-state index in [0.717, 1.165) is 5.56 Å². The third-order valence-corrected chi connectivity index (χ3v) is 5.40. The fraction of sp³-hybridized carbons (Fsp3) is 0.278. The van der Waals surface area contributed by atoms with Crippen molar-refractivity contribution in [1.29, 1.82) is 0 Å². The van der Waals surface area contributed by atoms with Crippen LogP contribution in [0.4, 0.5) is 5.95 Å². The van der Waals surface area contributed by atoms with Gasteiger partial charge in [-0.2, -0.15) is 9.50 Å². The van der Waals surface area contributed by atoms with Crippen LogP contribution in [-0.4, -0.2) is 34.5 Å². The number of benzene rings is 1. The van der Waals surface area contributed by atoms with Crippen molar-refractivity contribution in [2.45, 2.75) is 37.1 Å². The molecule has 0 saturated heterocycles. The lowest BCUT2D eigenvalue weighted by molar-refractivity contribution is 0.590. The minimum Gasteiger partial charge on any atom is -0.368 e. The maximum absolute atomic E-state index is 12.1. The highest BCUT2D eigenvalue weighted by Crippen LogP contribution is 2.27. The van der Waals surface area contributed by atoms with E-state index in [1.165, 1.54) is 32.6 Å². The van der Waals surface area contributed by atoms with Crippen molar-refractivity contribution in [1.82, 2.24) is 34.5 Å². The highest BCUT2D eigenvalue weighted by Gasteiger charge is 2.16. The van der Waals surface area contributed by atoms with Crippen molar-refractivity contribution in [3.05, 3.63) is 51.9 Å². The van der Waals surface area contributed by atoms with E-state index in [4.69, 9.17) is 11.6 Å². The van der Waals surface area contributed by atoms with Gasteiger partial charge in [0.1, 0.15) is 0 Å². The van der Waals surface area contributed by atoms with Crippen LogP contribution >= 0.6 is 11.8 Å². The molecule has 0 aliphatic heterocycles. The fourth-order valence-electron chi connectivity index (χ4n) is 2.85. The lowest BCUT2D eigenvalue weighted by Crippen LogP contribution is -2.16. The quantitative estimate of drug-likeness (QED) is 0.339. The van der Waals surface area contributed by atoms with E-state index >= 15 is 0 Å². The molecule has 0 saturated carbocycles. The molecule has 3 aromatic heterocycles. The summed E-state index contributed by atoms with van der Waals surface area (Å²) in [5, 5.41) is 11.5. The molecule has 11 heteroatoms. The maximum Gasteiger partial charge on any atom is 0.274 e. The molecular weight excluding hydrogens is 390 g/mol. The number of nitrogens with two attached hydrogens (primary N) is 2. The van der Waals surface area contributed by atoms with Gasteiger partial charge in [-0.15, -0.1) is 10.2 Å². The molecule has 0 aliphatic rings. The van der Waals surface area contributed by atoms with Gasteiger partial charge in [0.25, 0.3) is 11.3 Å². The molecule has 3 heterocycles. The van der Waals surface area contributed by atoms with Crippen LogP contribution in [0.1, 0.15) is 32.0 Å². The highest BCUT2D eigenvalue weighted by molar-refractivity contribution is 7.98. The number of nitrogen functional groups attached to an aromatic ring is 2. The zero-order chi connectivity index (χ0) is 20.8. The van der Waals surface area contributed by atoms with E-state index < -0.39 is 0 Å². The summed E-state index contributed by atoms with van der Waals surface area (Å²) in [6, 6.07) is 9.53. The van der Waals surface area contributed by atoms with Gasteiger partial charge in [0.2, 0.25) is 11.1 Å². The summed E-state index contributed by atoms with van der Waals surface area (Å²) in [5.41, 5.74) is 8.01. The van der Waals surface area contributed by atoms with Gasteiger partial charge in [0, 0.05) is 17.4 Å². The number of H-pyrrole nitrogens is 1. The first-order valence-corrected chi connectivity index (χ1v) is 9.89. The molecule has 4 aromatic rings. The van der Waals surface area contributed by atoms with Gasteiger partial charge in [-0.25, -0.2) is 9.66 Å². The van der Waals surface area contributed by atoms with Gasteiger partial charge in [-0.1, -0.05) is 56.8 Å². The molecule has 150 valence electrons. The zero-order valence-electron chi connectivity index (χ0n) is 16.2. The molecule has 0 fully saturated rings. The number of anilines is 1. The van der Waals surface area contributed by atoms with Gasteiger partial charge in [0.15, 0.2) is 5.82 Å². The number of hydrogen-bond acceptors (Lipinski definition) is 8. The average molecular weight is 411 g/mol. The smallest absolute Gasteiger partial charge is 0.274 e. The van der Waals surface area contributed by atoms with Crippen molar-refractivity contribution in [2.24, 2.45) is 0 Å². The molecule has 10 nitrogen and oxygen atoms in total. The Morgan fingerprint density at radius 1 is 1.14 bits per heavy atom. The molecular formula is C18H21N9OS. The molecule has 29 heavy (non-hydrogen) atoms. The Labute approximate surface area is 170 Å². The van der Waals surface area contributed by atoms with Crippen LogP contribution in [0.2, 0.25) is 0 Å². The summed E-state index contributed by atoms with van der Waals surface area (Å²) in [6.07, 6.45) is 0. The second-order valence-electron chi connectivity index (χ2n) is 7.62. The Kier molecular flexibility index (Phi) is 4.53. The lowest BCUT2D eigenvalue weighted by Gasteiger charge is -2.19. The summed E-state index contributed by atoms with van der Waals surface area (Å²) in [7, 11) is 0. The molecule has 0 spiro atoms. The number of fused-ring (bicyclic) bond motifs is 1. The van der Waals surface area contributed by atoms with E-state index in [2.05, 4.69) is 58.2 Å². The standard InChI is InChI=1S/C18H21N9OS/c1-18(2,3)11-6-4-10(5-7-11)14-23-24-17(26(14)20)29-9-12-8-13(28)27-16(21-12)22-15(19)25-27/h4-8H,9,20H2,1-3H3,(H3,19,21,22,25). The van der Waals surface area contributed by atoms with E-state index in [-0.39, 0.29) is 22.7 Å². The first-order chi connectivity index (χ1) is 13.7. The molecule has 0 bridgehead atoms. The third kappa shape index (κ3) is 3.68. The monoisotopic (exact) mass is 411 g/mol. The Balaban J connectivity index is 1.54. The number of nitrogens with one attached hydrogen (secondary N) is 1. The average Bonchev–Trinajstić information content (AvgIpc) is 3.22. The van der Waals surface area contributed by atoms with Crippen LogP contribution in [0, 0.1) is 0 Å². The van der Waals surface area contributed by atoms with E-state index in [9.17, 15) is 4.79 Å². The van der Waals surface area contributed by atoms with Crippen molar-refractivity contribution in [3.8, 4) is 11.4 Å². The zero-order valence-corrected chi connectivity index (χ0v) is 17.1. The van der Waals surface area contributed by atoms with Crippen molar-refractivity contribution in [2.75, 3.05) is 11.6 Å². The molecule has 1 aromatic carbocycles. The third-order valence-electron chi connectivity index (χ3n) is 4.42. The Bertz CT molecular complexity index is 1230. The predicted octanol–water partition coefficient (Wildman–Crippen LogP) is 1.56. The van der Waals surface area contributed by atoms with Gasteiger partial charge in [-0.3, -0.25) is 9.89 Å². The molecule has 0 unspecified atom stereocenters. The van der Waals surface area contributed by atoms with Crippen LogP contribution < -0.4 is 17.1 Å². The number of thioether (sulfide) groups is 1. The minimum absolute atomic E-state index is 0.0712. The molecule has 4 rings (SSSR count).